The third-order valence-corrected chi connectivity index (χ3v) is 3.39. The van der Waals surface area contributed by atoms with Crippen molar-refractivity contribution in [3.8, 4) is 5.75 Å². The first-order valence-electron chi connectivity index (χ1n) is 6.18. The summed E-state index contributed by atoms with van der Waals surface area (Å²) in [7, 11) is 1.60. The van der Waals surface area contributed by atoms with Gasteiger partial charge in [0.15, 0.2) is 0 Å². The van der Waals surface area contributed by atoms with E-state index < -0.39 is 0 Å². The van der Waals surface area contributed by atoms with Crippen LogP contribution in [0.1, 0.15) is 17.2 Å². The molecule has 0 aliphatic rings. The molecule has 0 saturated heterocycles. The average Bonchev–Trinajstić information content (AvgIpc) is 2.48. The Kier molecular flexibility index (Phi) is 4.95. The van der Waals surface area contributed by atoms with E-state index in [-0.39, 0.29) is 11.9 Å². The van der Waals surface area contributed by atoms with Crippen LogP contribution in [0.15, 0.2) is 42.5 Å². The maximum Gasteiger partial charge on any atom is 0.128 e. The van der Waals surface area contributed by atoms with Crippen molar-refractivity contribution in [1.82, 2.24) is 5.43 Å². The van der Waals surface area contributed by atoms with Gasteiger partial charge in [-0.2, -0.15) is 0 Å². The van der Waals surface area contributed by atoms with Crippen LogP contribution in [0.4, 0.5) is 4.39 Å². The van der Waals surface area contributed by atoms with E-state index >= 15 is 0 Å². The molecular weight excluding hydrogens is 279 g/mol. The SMILES string of the molecule is COc1ccccc1CC(NN)c1cc(Cl)ccc1F. The van der Waals surface area contributed by atoms with Crippen LogP contribution in [-0.4, -0.2) is 7.11 Å². The number of rotatable bonds is 5. The van der Waals surface area contributed by atoms with Gasteiger partial charge in [-0.15, -0.1) is 0 Å². The first-order valence-corrected chi connectivity index (χ1v) is 6.56. The van der Waals surface area contributed by atoms with Gasteiger partial charge in [-0.3, -0.25) is 11.3 Å². The molecule has 1 unspecified atom stereocenters. The zero-order valence-corrected chi connectivity index (χ0v) is 11.8. The van der Waals surface area contributed by atoms with Crippen molar-refractivity contribution in [3.63, 3.8) is 0 Å². The van der Waals surface area contributed by atoms with Gasteiger partial charge in [-0.25, -0.2) is 4.39 Å². The van der Waals surface area contributed by atoms with Crippen LogP contribution >= 0.6 is 11.6 Å². The van der Waals surface area contributed by atoms with Gasteiger partial charge in [0, 0.05) is 10.6 Å². The molecule has 0 bridgehead atoms. The van der Waals surface area contributed by atoms with Crippen LogP contribution in [0.3, 0.4) is 0 Å². The molecule has 0 aliphatic carbocycles. The predicted octanol–water partition coefficient (Wildman–Crippen LogP) is 3.23. The number of hydrogen-bond acceptors (Lipinski definition) is 3. The lowest BCUT2D eigenvalue weighted by molar-refractivity contribution is 0.404. The van der Waals surface area contributed by atoms with Gasteiger partial charge in [0.1, 0.15) is 11.6 Å². The topological polar surface area (TPSA) is 47.3 Å². The molecule has 2 aromatic carbocycles. The van der Waals surface area contributed by atoms with Gasteiger partial charge in [0.2, 0.25) is 0 Å². The summed E-state index contributed by atoms with van der Waals surface area (Å²) in [6.45, 7) is 0. The van der Waals surface area contributed by atoms with Crippen LogP contribution in [0.2, 0.25) is 5.02 Å². The maximum atomic E-state index is 13.9. The van der Waals surface area contributed by atoms with Gasteiger partial charge in [-0.05, 0) is 36.2 Å². The van der Waals surface area contributed by atoms with E-state index in [0.717, 1.165) is 11.3 Å². The van der Waals surface area contributed by atoms with Crippen molar-refractivity contribution in [2.75, 3.05) is 7.11 Å². The number of nitrogens with one attached hydrogen (secondary N) is 1. The number of hydrazine groups is 1. The Hall–Kier alpha value is -1.62. The van der Waals surface area contributed by atoms with Crippen LogP contribution in [-0.2, 0) is 6.42 Å². The van der Waals surface area contributed by atoms with E-state index in [0.29, 0.717) is 17.0 Å². The smallest absolute Gasteiger partial charge is 0.128 e. The number of hydrogen-bond donors (Lipinski definition) is 2. The number of nitrogens with two attached hydrogens (primary N) is 1. The summed E-state index contributed by atoms with van der Waals surface area (Å²) in [6.07, 6.45) is 0.498. The molecule has 2 aromatic rings. The lowest BCUT2D eigenvalue weighted by Gasteiger charge is -2.19. The second-order valence-electron chi connectivity index (χ2n) is 4.40. The molecule has 2 rings (SSSR count). The summed E-state index contributed by atoms with van der Waals surface area (Å²) in [4.78, 5) is 0. The lowest BCUT2D eigenvalue weighted by Crippen LogP contribution is -2.30. The van der Waals surface area contributed by atoms with Crippen LogP contribution in [0, 0.1) is 5.82 Å². The summed E-state index contributed by atoms with van der Waals surface area (Å²) < 4.78 is 19.2. The molecule has 0 aliphatic heterocycles. The largest absolute Gasteiger partial charge is 0.496 e. The molecule has 0 spiro atoms. The molecule has 0 amide bonds. The molecule has 1 atom stereocenters. The summed E-state index contributed by atoms with van der Waals surface area (Å²) >= 11 is 5.92. The highest BCUT2D eigenvalue weighted by molar-refractivity contribution is 6.30. The monoisotopic (exact) mass is 294 g/mol. The highest BCUT2D eigenvalue weighted by atomic mass is 35.5. The highest BCUT2D eigenvalue weighted by Crippen LogP contribution is 2.27. The normalized spacial score (nSPS) is 12.2. The standard InChI is InChI=1S/C15H16ClFN2O/c1-20-15-5-3-2-4-10(15)8-14(19-18)12-9-11(16)6-7-13(12)17/h2-7,9,14,19H,8,18H2,1H3. The molecule has 20 heavy (non-hydrogen) atoms. The van der Waals surface area contributed by atoms with Crippen molar-refractivity contribution < 1.29 is 9.13 Å². The van der Waals surface area contributed by atoms with E-state index in [1.54, 1.807) is 13.2 Å². The van der Waals surface area contributed by atoms with E-state index in [9.17, 15) is 4.39 Å². The van der Waals surface area contributed by atoms with E-state index in [1.807, 2.05) is 24.3 Å². The Balaban J connectivity index is 2.31. The molecule has 3 nitrogen and oxygen atoms in total. The number of benzene rings is 2. The fourth-order valence-corrected chi connectivity index (χ4v) is 2.31. The molecule has 0 radical (unpaired) electrons. The minimum atomic E-state index is -0.384. The molecule has 106 valence electrons. The molecule has 0 fully saturated rings. The van der Waals surface area contributed by atoms with Crippen LogP contribution in [0.5, 0.6) is 5.75 Å². The van der Waals surface area contributed by atoms with Gasteiger partial charge >= 0.3 is 0 Å². The molecule has 0 aromatic heterocycles. The Morgan fingerprint density at radius 3 is 2.75 bits per heavy atom. The lowest BCUT2D eigenvalue weighted by atomic mass is 9.98. The predicted molar refractivity (Wildman–Crippen MR) is 78.2 cm³/mol. The van der Waals surface area contributed by atoms with Crippen molar-refractivity contribution >= 4 is 11.6 Å². The van der Waals surface area contributed by atoms with Gasteiger partial charge in [-0.1, -0.05) is 29.8 Å². The molecular formula is C15H16ClFN2O. The zero-order chi connectivity index (χ0) is 14.5. The molecule has 0 heterocycles. The first kappa shape index (κ1) is 14.8. The zero-order valence-electron chi connectivity index (χ0n) is 11.1. The second-order valence-corrected chi connectivity index (χ2v) is 4.84. The minimum Gasteiger partial charge on any atom is -0.496 e. The quantitative estimate of drug-likeness (QED) is 0.657. The fourth-order valence-electron chi connectivity index (χ4n) is 2.13. The minimum absolute atomic E-state index is 0.341. The van der Waals surface area contributed by atoms with E-state index in [1.165, 1.54) is 12.1 Å². The summed E-state index contributed by atoms with van der Waals surface area (Å²) in [6, 6.07) is 11.6. The van der Waals surface area contributed by atoms with Crippen LogP contribution in [0.25, 0.3) is 0 Å². The Morgan fingerprint density at radius 1 is 1.30 bits per heavy atom. The maximum absolute atomic E-state index is 13.9. The van der Waals surface area contributed by atoms with Gasteiger partial charge in [0.25, 0.3) is 0 Å². The first-order chi connectivity index (χ1) is 9.65. The third-order valence-electron chi connectivity index (χ3n) is 3.15. The number of ether oxygens (including phenoxy) is 1. The average molecular weight is 295 g/mol. The van der Waals surface area contributed by atoms with Crippen molar-refractivity contribution in [1.29, 1.82) is 0 Å². The number of halogens is 2. The fraction of sp³-hybridized carbons (Fsp3) is 0.200. The molecule has 3 N–H and O–H groups in total. The Morgan fingerprint density at radius 2 is 2.05 bits per heavy atom. The van der Waals surface area contributed by atoms with Gasteiger partial charge in [0.05, 0.1) is 13.2 Å². The summed E-state index contributed by atoms with van der Waals surface area (Å²) in [5.74, 6) is 5.97. The summed E-state index contributed by atoms with van der Waals surface area (Å²) in [5, 5.41) is 0.474. The van der Waals surface area contributed by atoms with Crippen molar-refractivity contribution in [2.45, 2.75) is 12.5 Å². The van der Waals surface area contributed by atoms with Crippen molar-refractivity contribution in [3.05, 3.63) is 64.4 Å². The molecule has 5 heteroatoms. The van der Waals surface area contributed by atoms with Crippen molar-refractivity contribution in [2.24, 2.45) is 5.84 Å². The second kappa shape index (κ2) is 6.70. The number of methoxy groups -OCH3 is 1. The van der Waals surface area contributed by atoms with Crippen LogP contribution < -0.4 is 16.0 Å². The highest BCUT2D eigenvalue weighted by Gasteiger charge is 2.17. The Labute approximate surface area is 122 Å². The Bertz CT molecular complexity index is 592. The van der Waals surface area contributed by atoms with Gasteiger partial charge < -0.3 is 4.74 Å². The number of para-hydroxylation sites is 1. The summed E-state index contributed by atoms with van der Waals surface area (Å²) in [5.41, 5.74) is 4.01. The van der Waals surface area contributed by atoms with E-state index in [4.69, 9.17) is 22.2 Å². The third kappa shape index (κ3) is 3.28. The molecule has 0 saturated carbocycles. The van der Waals surface area contributed by atoms with E-state index in [2.05, 4.69) is 5.43 Å².